The molecule has 0 aliphatic carbocycles. The van der Waals surface area contributed by atoms with Crippen molar-refractivity contribution in [1.82, 2.24) is 15.3 Å². The van der Waals surface area contributed by atoms with Gasteiger partial charge in [-0.2, -0.15) is 0 Å². The summed E-state index contributed by atoms with van der Waals surface area (Å²) in [4.78, 5) is 37.7. The summed E-state index contributed by atoms with van der Waals surface area (Å²) in [5.74, 6) is 1.03. The molecule has 146 valence electrons. The average Bonchev–Trinajstić information content (AvgIpc) is 3.15. The monoisotopic (exact) mass is 379 g/mol. The highest BCUT2D eigenvalue weighted by atomic mass is 16.2. The normalized spacial score (nSPS) is 19.7. The number of amides is 2. The number of benzene rings is 1. The molecule has 2 fully saturated rings. The van der Waals surface area contributed by atoms with Gasteiger partial charge >= 0.3 is 0 Å². The van der Waals surface area contributed by atoms with Gasteiger partial charge in [0.25, 0.3) is 0 Å². The van der Waals surface area contributed by atoms with Gasteiger partial charge in [-0.25, -0.2) is 9.97 Å². The van der Waals surface area contributed by atoms with E-state index in [1.807, 2.05) is 36.4 Å². The van der Waals surface area contributed by atoms with Gasteiger partial charge < -0.3 is 15.1 Å². The van der Waals surface area contributed by atoms with Gasteiger partial charge in [-0.05, 0) is 37.5 Å². The number of carbonyl (C=O) groups excluding carboxylic acids is 2. The van der Waals surface area contributed by atoms with Crippen molar-refractivity contribution in [3.8, 4) is 0 Å². The maximum Gasteiger partial charge on any atom is 0.227 e. The second-order valence-corrected chi connectivity index (χ2v) is 7.34. The number of nitrogens with one attached hydrogen (secondary N) is 1. The predicted molar refractivity (Wildman–Crippen MR) is 107 cm³/mol. The Labute approximate surface area is 164 Å². The Balaban J connectivity index is 1.34. The number of anilines is 2. The van der Waals surface area contributed by atoms with E-state index >= 15 is 0 Å². The lowest BCUT2D eigenvalue weighted by atomic mass is 10.1. The van der Waals surface area contributed by atoms with Crippen molar-refractivity contribution in [2.45, 2.75) is 32.2 Å². The second kappa shape index (κ2) is 8.37. The lowest BCUT2D eigenvalue weighted by Gasteiger charge is -2.27. The lowest BCUT2D eigenvalue weighted by molar-refractivity contribution is -0.126. The van der Waals surface area contributed by atoms with Crippen molar-refractivity contribution in [3.05, 3.63) is 48.4 Å². The van der Waals surface area contributed by atoms with Crippen LogP contribution in [0.4, 0.5) is 11.5 Å². The van der Waals surface area contributed by atoms with Crippen LogP contribution in [-0.4, -0.2) is 41.4 Å². The van der Waals surface area contributed by atoms with Gasteiger partial charge in [-0.3, -0.25) is 9.59 Å². The summed E-state index contributed by atoms with van der Waals surface area (Å²) in [5.41, 5.74) is 0.834. The van der Waals surface area contributed by atoms with Crippen molar-refractivity contribution in [2.75, 3.05) is 29.4 Å². The molecule has 7 heteroatoms. The molecule has 1 aromatic heterocycles. The van der Waals surface area contributed by atoms with Crippen LogP contribution in [0.1, 0.15) is 31.5 Å². The van der Waals surface area contributed by atoms with Gasteiger partial charge in [0.15, 0.2) is 0 Å². The number of carbonyl (C=O) groups is 2. The van der Waals surface area contributed by atoms with Crippen molar-refractivity contribution in [1.29, 1.82) is 0 Å². The molecule has 0 bridgehead atoms. The van der Waals surface area contributed by atoms with Crippen LogP contribution in [0.2, 0.25) is 0 Å². The van der Waals surface area contributed by atoms with Crippen LogP contribution in [0, 0.1) is 5.92 Å². The zero-order valence-electron chi connectivity index (χ0n) is 15.9. The van der Waals surface area contributed by atoms with Crippen LogP contribution in [0.25, 0.3) is 0 Å². The van der Waals surface area contributed by atoms with Crippen LogP contribution >= 0.6 is 0 Å². The fraction of sp³-hybridized carbons (Fsp3) is 0.429. The van der Waals surface area contributed by atoms with Crippen LogP contribution in [0.3, 0.4) is 0 Å². The Morgan fingerprint density at radius 1 is 1.11 bits per heavy atom. The summed E-state index contributed by atoms with van der Waals surface area (Å²) in [7, 11) is 0. The lowest BCUT2D eigenvalue weighted by Crippen LogP contribution is -2.33. The Morgan fingerprint density at radius 2 is 1.89 bits per heavy atom. The fourth-order valence-corrected chi connectivity index (χ4v) is 3.82. The Bertz CT molecular complexity index is 836. The molecular formula is C21H25N5O2. The molecule has 28 heavy (non-hydrogen) atoms. The van der Waals surface area contributed by atoms with Gasteiger partial charge in [0.2, 0.25) is 11.8 Å². The van der Waals surface area contributed by atoms with Crippen LogP contribution in [0.15, 0.2) is 42.6 Å². The quantitative estimate of drug-likeness (QED) is 0.861. The minimum absolute atomic E-state index is 0.0188. The summed E-state index contributed by atoms with van der Waals surface area (Å²) in [6.07, 6.45) is 5.61. The highest BCUT2D eigenvalue weighted by Crippen LogP contribution is 2.25. The molecule has 1 atom stereocenters. The SMILES string of the molecule is O=C(NCc1nccc(N2CCCCC2)n1)C1CC(=O)N(c2ccccc2)C1. The molecule has 2 amide bonds. The summed E-state index contributed by atoms with van der Waals surface area (Å²) in [5, 5.41) is 2.90. The number of hydrogen-bond acceptors (Lipinski definition) is 5. The second-order valence-electron chi connectivity index (χ2n) is 7.34. The number of rotatable bonds is 5. The van der Waals surface area contributed by atoms with E-state index < -0.39 is 0 Å². The maximum atomic E-state index is 12.6. The van der Waals surface area contributed by atoms with Crippen molar-refractivity contribution >= 4 is 23.3 Å². The first-order chi connectivity index (χ1) is 13.7. The first-order valence-electron chi connectivity index (χ1n) is 9.91. The van der Waals surface area contributed by atoms with E-state index in [9.17, 15) is 9.59 Å². The molecular weight excluding hydrogens is 354 g/mol. The molecule has 2 aliphatic heterocycles. The molecule has 2 aromatic rings. The number of nitrogens with zero attached hydrogens (tertiary/aromatic N) is 4. The standard InChI is InChI=1S/C21H25N5O2/c27-20-13-16(15-26(20)17-7-3-1-4-8-17)21(28)23-14-18-22-10-9-19(24-18)25-11-5-2-6-12-25/h1,3-4,7-10,16H,2,5-6,11-15H2,(H,23,28). The number of hydrogen-bond donors (Lipinski definition) is 1. The smallest absolute Gasteiger partial charge is 0.227 e. The average molecular weight is 379 g/mol. The molecule has 7 nitrogen and oxygen atoms in total. The van der Waals surface area contributed by atoms with E-state index in [2.05, 4.69) is 20.2 Å². The molecule has 1 aromatic carbocycles. The van der Waals surface area contributed by atoms with E-state index in [4.69, 9.17) is 0 Å². The molecule has 4 rings (SSSR count). The zero-order valence-corrected chi connectivity index (χ0v) is 15.9. The predicted octanol–water partition coefficient (Wildman–Crippen LogP) is 2.14. The van der Waals surface area contributed by atoms with Crippen molar-refractivity contribution in [2.24, 2.45) is 5.92 Å². The number of piperidine rings is 1. The number of aromatic nitrogens is 2. The Morgan fingerprint density at radius 3 is 2.68 bits per heavy atom. The summed E-state index contributed by atoms with van der Waals surface area (Å²) < 4.78 is 0. The van der Waals surface area contributed by atoms with Gasteiger partial charge in [0, 0.05) is 37.9 Å². The van der Waals surface area contributed by atoms with E-state index in [1.54, 1.807) is 11.1 Å². The zero-order chi connectivity index (χ0) is 19.3. The largest absolute Gasteiger partial charge is 0.357 e. The van der Waals surface area contributed by atoms with Gasteiger partial charge in [0.1, 0.15) is 11.6 Å². The third-order valence-corrected chi connectivity index (χ3v) is 5.36. The first kappa shape index (κ1) is 18.4. The minimum Gasteiger partial charge on any atom is -0.357 e. The molecule has 3 heterocycles. The molecule has 0 saturated carbocycles. The third kappa shape index (κ3) is 4.13. The molecule has 2 saturated heterocycles. The molecule has 1 unspecified atom stereocenters. The molecule has 0 radical (unpaired) electrons. The van der Waals surface area contributed by atoms with E-state index in [0.29, 0.717) is 12.4 Å². The molecule has 2 aliphatic rings. The van der Waals surface area contributed by atoms with E-state index in [0.717, 1.165) is 24.6 Å². The third-order valence-electron chi connectivity index (χ3n) is 5.36. The molecule has 0 spiro atoms. The highest BCUT2D eigenvalue weighted by molar-refractivity contribution is 6.00. The van der Waals surface area contributed by atoms with Crippen LogP contribution in [0.5, 0.6) is 0 Å². The van der Waals surface area contributed by atoms with E-state index in [-0.39, 0.29) is 30.7 Å². The van der Waals surface area contributed by atoms with Crippen LogP contribution in [-0.2, 0) is 16.1 Å². The Hall–Kier alpha value is -2.96. The van der Waals surface area contributed by atoms with Gasteiger partial charge in [-0.1, -0.05) is 18.2 Å². The summed E-state index contributed by atoms with van der Waals surface area (Å²) in [6.45, 7) is 2.71. The summed E-state index contributed by atoms with van der Waals surface area (Å²) in [6, 6.07) is 11.4. The highest BCUT2D eigenvalue weighted by Gasteiger charge is 2.35. The van der Waals surface area contributed by atoms with Crippen molar-refractivity contribution < 1.29 is 9.59 Å². The first-order valence-corrected chi connectivity index (χ1v) is 9.91. The van der Waals surface area contributed by atoms with Crippen molar-refractivity contribution in [3.63, 3.8) is 0 Å². The van der Waals surface area contributed by atoms with Crippen LogP contribution < -0.4 is 15.1 Å². The maximum absolute atomic E-state index is 12.6. The Kier molecular flexibility index (Phi) is 5.50. The van der Waals surface area contributed by atoms with Gasteiger partial charge in [0.05, 0.1) is 12.5 Å². The van der Waals surface area contributed by atoms with E-state index in [1.165, 1.54) is 19.3 Å². The topological polar surface area (TPSA) is 78.4 Å². The minimum atomic E-state index is -0.349. The molecule has 1 N–H and O–H groups in total. The summed E-state index contributed by atoms with van der Waals surface area (Å²) >= 11 is 0. The number of para-hydroxylation sites is 1. The van der Waals surface area contributed by atoms with Gasteiger partial charge in [-0.15, -0.1) is 0 Å². The fourth-order valence-electron chi connectivity index (χ4n) is 3.82.